The van der Waals surface area contributed by atoms with Gasteiger partial charge in [-0.2, -0.15) is 4.31 Å². The SMILES string of the molecule is CN(C)C[C@@H]1CN(S(C)(=O)=O)C[C@H]1NC(=O)Cc1c(F)cccc1Cl. The van der Waals surface area contributed by atoms with Crippen LogP contribution in [0, 0.1) is 11.7 Å². The highest BCUT2D eigenvalue weighted by Crippen LogP contribution is 2.22. The molecule has 0 radical (unpaired) electrons. The van der Waals surface area contributed by atoms with Gasteiger partial charge < -0.3 is 10.2 Å². The molecule has 25 heavy (non-hydrogen) atoms. The number of nitrogens with one attached hydrogen (secondary N) is 1. The predicted molar refractivity (Wildman–Crippen MR) is 95.5 cm³/mol. The van der Waals surface area contributed by atoms with Gasteiger partial charge in [-0.3, -0.25) is 4.79 Å². The van der Waals surface area contributed by atoms with E-state index in [1.807, 2.05) is 19.0 Å². The molecule has 1 saturated heterocycles. The van der Waals surface area contributed by atoms with Crippen LogP contribution in [-0.2, 0) is 21.2 Å². The lowest BCUT2D eigenvalue weighted by atomic mass is 10.0. The Morgan fingerprint density at radius 1 is 1.40 bits per heavy atom. The van der Waals surface area contributed by atoms with Gasteiger partial charge in [0.25, 0.3) is 0 Å². The molecule has 140 valence electrons. The van der Waals surface area contributed by atoms with E-state index < -0.39 is 15.8 Å². The molecule has 0 aromatic heterocycles. The fourth-order valence-electron chi connectivity index (χ4n) is 3.04. The minimum atomic E-state index is -3.33. The first kappa shape index (κ1) is 20.1. The average Bonchev–Trinajstić information content (AvgIpc) is 2.85. The monoisotopic (exact) mass is 391 g/mol. The van der Waals surface area contributed by atoms with Crippen LogP contribution < -0.4 is 5.32 Å². The largest absolute Gasteiger partial charge is 0.351 e. The molecule has 1 N–H and O–H groups in total. The molecule has 1 aromatic rings. The van der Waals surface area contributed by atoms with Gasteiger partial charge in [-0.1, -0.05) is 17.7 Å². The summed E-state index contributed by atoms with van der Waals surface area (Å²) >= 11 is 5.96. The van der Waals surface area contributed by atoms with Crippen LogP contribution in [-0.4, -0.2) is 69.6 Å². The van der Waals surface area contributed by atoms with Gasteiger partial charge in [0.15, 0.2) is 0 Å². The molecule has 0 saturated carbocycles. The summed E-state index contributed by atoms with van der Waals surface area (Å²) in [6.07, 6.45) is 0.971. The molecule has 1 aliphatic rings. The van der Waals surface area contributed by atoms with Crippen LogP contribution >= 0.6 is 11.6 Å². The Labute approximate surface area is 153 Å². The first-order valence-corrected chi connectivity index (χ1v) is 10.1. The zero-order valence-electron chi connectivity index (χ0n) is 14.5. The molecule has 1 aromatic carbocycles. The summed E-state index contributed by atoms with van der Waals surface area (Å²) in [5.41, 5.74) is 0.142. The number of sulfonamides is 1. The maximum absolute atomic E-state index is 13.8. The van der Waals surface area contributed by atoms with E-state index in [1.54, 1.807) is 0 Å². The Balaban J connectivity index is 2.09. The van der Waals surface area contributed by atoms with E-state index in [4.69, 9.17) is 11.6 Å². The lowest BCUT2D eigenvalue weighted by molar-refractivity contribution is -0.121. The second-order valence-corrected chi connectivity index (χ2v) is 9.04. The van der Waals surface area contributed by atoms with Crippen molar-refractivity contribution >= 4 is 27.5 Å². The zero-order chi connectivity index (χ0) is 18.8. The Morgan fingerprint density at radius 2 is 2.08 bits per heavy atom. The van der Waals surface area contributed by atoms with Gasteiger partial charge in [-0.25, -0.2) is 12.8 Å². The van der Waals surface area contributed by atoms with Gasteiger partial charge in [-0.15, -0.1) is 0 Å². The summed E-state index contributed by atoms with van der Waals surface area (Å²) in [6.45, 7) is 1.20. The van der Waals surface area contributed by atoms with Crippen molar-refractivity contribution in [3.05, 3.63) is 34.6 Å². The smallest absolute Gasteiger partial charge is 0.224 e. The van der Waals surface area contributed by atoms with E-state index in [1.165, 1.54) is 22.5 Å². The number of nitrogens with zero attached hydrogens (tertiary/aromatic N) is 2. The van der Waals surface area contributed by atoms with Crippen molar-refractivity contribution in [3.8, 4) is 0 Å². The number of benzene rings is 1. The Bertz CT molecular complexity index is 722. The van der Waals surface area contributed by atoms with Gasteiger partial charge in [0.1, 0.15) is 5.82 Å². The van der Waals surface area contributed by atoms with Gasteiger partial charge in [0.05, 0.1) is 12.7 Å². The van der Waals surface area contributed by atoms with Gasteiger partial charge in [0, 0.05) is 42.2 Å². The zero-order valence-corrected chi connectivity index (χ0v) is 16.1. The molecule has 1 amide bonds. The molecule has 2 rings (SSSR count). The molecule has 0 bridgehead atoms. The average molecular weight is 392 g/mol. The Kier molecular flexibility index (Phi) is 6.42. The van der Waals surface area contributed by atoms with Crippen LogP contribution in [0.4, 0.5) is 4.39 Å². The highest BCUT2D eigenvalue weighted by molar-refractivity contribution is 7.88. The van der Waals surface area contributed by atoms with Crippen molar-refractivity contribution < 1.29 is 17.6 Å². The number of hydrogen-bond donors (Lipinski definition) is 1. The minimum absolute atomic E-state index is 0.0373. The van der Waals surface area contributed by atoms with Gasteiger partial charge in [-0.05, 0) is 26.2 Å². The van der Waals surface area contributed by atoms with Crippen molar-refractivity contribution in [1.29, 1.82) is 0 Å². The third-order valence-corrected chi connectivity index (χ3v) is 5.81. The van der Waals surface area contributed by atoms with E-state index in [9.17, 15) is 17.6 Å². The summed E-state index contributed by atoms with van der Waals surface area (Å²) in [5.74, 6) is -0.947. The Morgan fingerprint density at radius 3 is 2.64 bits per heavy atom. The summed E-state index contributed by atoms with van der Waals surface area (Å²) < 4.78 is 38.8. The second-order valence-electron chi connectivity index (χ2n) is 6.65. The van der Waals surface area contributed by atoms with Crippen molar-refractivity contribution in [3.63, 3.8) is 0 Å². The second kappa shape index (κ2) is 7.99. The predicted octanol–water partition coefficient (Wildman–Crippen LogP) is 0.959. The van der Waals surface area contributed by atoms with E-state index >= 15 is 0 Å². The van der Waals surface area contributed by atoms with Crippen LogP contribution in [0.1, 0.15) is 5.56 Å². The summed E-state index contributed by atoms with van der Waals surface area (Å²) in [5, 5.41) is 3.04. The van der Waals surface area contributed by atoms with Crippen molar-refractivity contribution in [2.24, 2.45) is 5.92 Å². The maximum Gasteiger partial charge on any atom is 0.224 e. The normalized spacial score (nSPS) is 21.7. The molecular formula is C16H23ClFN3O3S. The van der Waals surface area contributed by atoms with Crippen molar-refractivity contribution in [2.75, 3.05) is 40.0 Å². The topological polar surface area (TPSA) is 69.7 Å². The molecule has 0 spiro atoms. The van der Waals surface area contributed by atoms with Crippen molar-refractivity contribution in [2.45, 2.75) is 12.5 Å². The van der Waals surface area contributed by atoms with Gasteiger partial charge >= 0.3 is 0 Å². The van der Waals surface area contributed by atoms with Crippen LogP contribution in [0.25, 0.3) is 0 Å². The van der Waals surface area contributed by atoms with Crippen LogP contribution in [0.2, 0.25) is 5.02 Å². The highest BCUT2D eigenvalue weighted by atomic mass is 35.5. The molecule has 1 aliphatic heterocycles. The molecule has 9 heteroatoms. The Hall–Kier alpha value is -1.22. The third kappa shape index (κ3) is 5.37. The number of carbonyl (C=O) groups is 1. The van der Waals surface area contributed by atoms with Gasteiger partial charge in [0.2, 0.25) is 15.9 Å². The fourth-order valence-corrected chi connectivity index (χ4v) is 4.16. The highest BCUT2D eigenvalue weighted by Gasteiger charge is 2.38. The number of carbonyl (C=O) groups excluding carboxylic acids is 1. The number of hydrogen-bond acceptors (Lipinski definition) is 4. The van der Waals surface area contributed by atoms with E-state index in [-0.39, 0.29) is 41.4 Å². The fraction of sp³-hybridized carbons (Fsp3) is 0.562. The molecule has 6 nitrogen and oxygen atoms in total. The standard InChI is InChI=1S/C16H23ClFN3O3S/c1-20(2)8-11-9-21(25(3,23)24)10-15(11)19-16(22)7-12-13(17)5-4-6-14(12)18/h4-6,11,15H,7-10H2,1-3H3,(H,19,22)/t11-,15-/m1/s1. The molecule has 1 heterocycles. The first-order valence-electron chi connectivity index (χ1n) is 7.90. The first-order chi connectivity index (χ1) is 11.6. The maximum atomic E-state index is 13.8. The molecule has 0 unspecified atom stereocenters. The lowest BCUT2D eigenvalue weighted by Gasteiger charge is -2.23. The molecule has 1 fully saturated rings. The van der Waals surface area contributed by atoms with Crippen LogP contribution in [0.3, 0.4) is 0 Å². The minimum Gasteiger partial charge on any atom is -0.351 e. The van der Waals surface area contributed by atoms with Crippen molar-refractivity contribution in [1.82, 2.24) is 14.5 Å². The number of amides is 1. The molecule has 2 atom stereocenters. The summed E-state index contributed by atoms with van der Waals surface area (Å²) in [6, 6.07) is 3.94. The number of rotatable bonds is 6. The van der Waals surface area contributed by atoms with E-state index in [0.717, 1.165) is 6.26 Å². The van der Waals surface area contributed by atoms with E-state index in [0.29, 0.717) is 13.1 Å². The lowest BCUT2D eigenvalue weighted by Crippen LogP contribution is -2.44. The van der Waals surface area contributed by atoms with Crippen LogP contribution in [0.5, 0.6) is 0 Å². The van der Waals surface area contributed by atoms with Crippen LogP contribution in [0.15, 0.2) is 18.2 Å². The quantitative estimate of drug-likeness (QED) is 0.784. The van der Waals surface area contributed by atoms with E-state index in [2.05, 4.69) is 5.32 Å². The molecular weight excluding hydrogens is 369 g/mol. The summed E-state index contributed by atoms with van der Waals surface area (Å²) in [7, 11) is 0.450. The summed E-state index contributed by atoms with van der Waals surface area (Å²) in [4.78, 5) is 14.3. The number of halogens is 2. The third-order valence-electron chi connectivity index (χ3n) is 4.22. The molecule has 0 aliphatic carbocycles.